The van der Waals surface area contributed by atoms with Crippen molar-refractivity contribution < 1.29 is 14.6 Å². The van der Waals surface area contributed by atoms with E-state index < -0.39 is 11.7 Å². The maximum atomic E-state index is 11.7. The highest BCUT2D eigenvalue weighted by Gasteiger charge is 2.53. The number of aromatic nitrogens is 1. The van der Waals surface area contributed by atoms with E-state index in [0.29, 0.717) is 11.8 Å². The molecular formula is C24H36N3O3S. The van der Waals surface area contributed by atoms with Crippen LogP contribution in [0.3, 0.4) is 0 Å². The van der Waals surface area contributed by atoms with E-state index in [1.807, 2.05) is 24.9 Å². The fourth-order valence-corrected chi connectivity index (χ4v) is 6.49. The zero-order chi connectivity index (χ0) is 22.2. The molecule has 1 unspecified atom stereocenters. The van der Waals surface area contributed by atoms with E-state index in [9.17, 15) is 9.90 Å². The number of anilines is 1. The predicted molar refractivity (Wildman–Crippen MR) is 124 cm³/mol. The van der Waals surface area contributed by atoms with Gasteiger partial charge in [0.2, 0.25) is 0 Å². The Labute approximate surface area is 190 Å². The summed E-state index contributed by atoms with van der Waals surface area (Å²) in [5.41, 5.74) is 0.119. The molecule has 7 heteroatoms. The van der Waals surface area contributed by atoms with Crippen LogP contribution < -0.4 is 4.90 Å². The quantitative estimate of drug-likeness (QED) is 0.552. The molecule has 1 aliphatic heterocycles. The van der Waals surface area contributed by atoms with E-state index >= 15 is 0 Å². The Morgan fingerprint density at radius 1 is 1.35 bits per heavy atom. The average Bonchev–Trinajstić information content (AvgIpc) is 3.25. The Balaban J connectivity index is 1.42. The van der Waals surface area contributed by atoms with Gasteiger partial charge in [-0.15, -0.1) is 11.3 Å². The van der Waals surface area contributed by atoms with Crippen molar-refractivity contribution in [1.29, 1.82) is 0 Å². The largest absolute Gasteiger partial charge is 0.458 e. The van der Waals surface area contributed by atoms with Crippen molar-refractivity contribution in [3.8, 4) is 0 Å². The molecule has 6 nitrogen and oxygen atoms in total. The number of carbonyl (C=O) groups excluding carboxylic acids is 1. The first-order chi connectivity index (χ1) is 14.8. The van der Waals surface area contributed by atoms with Gasteiger partial charge in [-0.25, -0.2) is 4.98 Å². The summed E-state index contributed by atoms with van der Waals surface area (Å²) in [7, 11) is 0. The van der Waals surface area contributed by atoms with Gasteiger partial charge in [0.1, 0.15) is 6.10 Å². The Kier molecular flexibility index (Phi) is 6.75. The Morgan fingerprint density at radius 3 is 2.74 bits per heavy atom. The second kappa shape index (κ2) is 9.20. The van der Waals surface area contributed by atoms with Crippen LogP contribution in [0.4, 0.5) is 5.13 Å². The van der Waals surface area contributed by atoms with Crippen LogP contribution in [0.2, 0.25) is 0 Å². The highest BCUT2D eigenvalue weighted by Crippen LogP contribution is 2.50. The summed E-state index contributed by atoms with van der Waals surface area (Å²) < 4.78 is 5.48. The Morgan fingerprint density at radius 2 is 2.10 bits per heavy atom. The molecule has 0 aromatic carbocycles. The molecule has 0 bridgehead atoms. The SMILES string of the molecule is CC(=O)O[C@@H]1[CH][C@@]2(O)[C@H](C)CC[C@@H](C(C)CN3CCN(c4nccs4)CC3)[C@H]2C=C1C. The van der Waals surface area contributed by atoms with Crippen LogP contribution in [0.1, 0.15) is 40.5 Å². The maximum absolute atomic E-state index is 11.7. The molecule has 1 aromatic rings. The van der Waals surface area contributed by atoms with Crippen LogP contribution in [0.15, 0.2) is 23.2 Å². The highest BCUT2D eigenvalue weighted by atomic mass is 32.1. The standard InChI is InChI=1S/C24H36N3O3S/c1-16-13-21-20(6-5-18(3)24(21,29)14-22(16)30-19(4)28)17(2)15-26-8-10-27(11-9-26)23-25-7-12-31-23/h7,12-14,17-18,20-22,29H,5-6,8-11,15H2,1-4H3/t17?,18-,20+,21-,22-,24-/m1/s1. The summed E-state index contributed by atoms with van der Waals surface area (Å²) in [6, 6.07) is 0. The van der Waals surface area contributed by atoms with Gasteiger partial charge in [-0.2, -0.15) is 0 Å². The van der Waals surface area contributed by atoms with E-state index in [2.05, 4.69) is 34.7 Å². The minimum Gasteiger partial charge on any atom is -0.458 e. The van der Waals surface area contributed by atoms with Gasteiger partial charge in [0, 0.05) is 63.6 Å². The highest BCUT2D eigenvalue weighted by molar-refractivity contribution is 7.13. The molecule has 1 saturated carbocycles. The fraction of sp³-hybridized carbons (Fsp3) is 0.708. The van der Waals surface area contributed by atoms with Crippen molar-refractivity contribution in [2.75, 3.05) is 37.6 Å². The van der Waals surface area contributed by atoms with Gasteiger partial charge in [0.15, 0.2) is 5.13 Å². The van der Waals surface area contributed by atoms with Gasteiger partial charge < -0.3 is 14.7 Å². The second-order valence-corrected chi connectivity index (χ2v) is 10.6. The smallest absolute Gasteiger partial charge is 0.303 e. The topological polar surface area (TPSA) is 65.9 Å². The number of nitrogens with zero attached hydrogens (tertiary/aromatic N) is 3. The molecule has 1 aromatic heterocycles. The fourth-order valence-electron chi connectivity index (χ4n) is 5.79. The lowest BCUT2D eigenvalue weighted by molar-refractivity contribution is -0.148. The first-order valence-electron chi connectivity index (χ1n) is 11.6. The second-order valence-electron chi connectivity index (χ2n) is 9.74. The Bertz CT molecular complexity index is 790. The van der Waals surface area contributed by atoms with Crippen LogP contribution in [0, 0.1) is 30.1 Å². The number of hydrogen-bond donors (Lipinski definition) is 1. The summed E-state index contributed by atoms with van der Waals surface area (Å²) in [5, 5.41) is 14.9. The number of piperazine rings is 1. The monoisotopic (exact) mass is 446 g/mol. The van der Waals surface area contributed by atoms with Crippen molar-refractivity contribution in [1.82, 2.24) is 9.88 Å². The number of fused-ring (bicyclic) bond motifs is 1. The van der Waals surface area contributed by atoms with Gasteiger partial charge in [-0.05, 0) is 43.1 Å². The van der Waals surface area contributed by atoms with Gasteiger partial charge in [0.05, 0.1) is 5.60 Å². The third-order valence-corrected chi connectivity index (χ3v) is 8.49. The number of thiazole rings is 1. The van der Waals surface area contributed by atoms with Crippen LogP contribution in [0.5, 0.6) is 0 Å². The van der Waals surface area contributed by atoms with Crippen LogP contribution in [0.25, 0.3) is 0 Å². The molecule has 1 radical (unpaired) electrons. The molecule has 3 aliphatic rings. The summed E-state index contributed by atoms with van der Waals surface area (Å²) in [5.74, 6) is 0.835. The van der Waals surface area contributed by atoms with E-state index in [1.54, 1.807) is 11.3 Å². The van der Waals surface area contributed by atoms with Crippen molar-refractivity contribution in [2.45, 2.75) is 52.2 Å². The van der Waals surface area contributed by atoms with E-state index in [1.165, 1.54) is 6.92 Å². The molecule has 1 N–H and O–H groups in total. The number of ether oxygens (including phenoxy) is 1. The number of rotatable bonds is 5. The van der Waals surface area contributed by atoms with Gasteiger partial charge in [-0.1, -0.05) is 19.9 Å². The molecule has 2 fully saturated rings. The van der Waals surface area contributed by atoms with Crippen molar-refractivity contribution in [3.05, 3.63) is 29.6 Å². The van der Waals surface area contributed by atoms with Crippen molar-refractivity contribution >= 4 is 22.4 Å². The molecule has 6 atom stereocenters. The first-order valence-corrected chi connectivity index (χ1v) is 12.5. The minimum atomic E-state index is -0.916. The summed E-state index contributed by atoms with van der Waals surface area (Å²) in [6.45, 7) is 13.1. The van der Waals surface area contributed by atoms with Gasteiger partial charge >= 0.3 is 5.97 Å². The maximum Gasteiger partial charge on any atom is 0.303 e. The van der Waals surface area contributed by atoms with Crippen LogP contribution >= 0.6 is 11.3 Å². The Hall–Kier alpha value is -1.44. The number of carbonyl (C=O) groups is 1. The van der Waals surface area contributed by atoms with Gasteiger partial charge in [0.25, 0.3) is 0 Å². The third-order valence-electron chi connectivity index (χ3n) is 7.66. The zero-order valence-corrected chi connectivity index (χ0v) is 20.0. The minimum absolute atomic E-state index is 0.0784. The first kappa shape index (κ1) is 22.7. The molecule has 2 aliphatic carbocycles. The predicted octanol–water partition coefficient (Wildman–Crippen LogP) is 3.39. The normalized spacial score (nSPS) is 35.3. The number of hydrogen-bond acceptors (Lipinski definition) is 7. The molecule has 0 spiro atoms. The summed E-state index contributed by atoms with van der Waals surface area (Å²) in [4.78, 5) is 20.9. The third kappa shape index (κ3) is 4.69. The molecule has 0 amide bonds. The number of aliphatic hydroxyl groups is 1. The molecular weight excluding hydrogens is 410 g/mol. The van der Waals surface area contributed by atoms with Gasteiger partial charge in [-0.3, -0.25) is 9.69 Å². The van der Waals surface area contributed by atoms with E-state index in [-0.39, 0.29) is 17.8 Å². The molecule has 4 rings (SSSR count). The average molecular weight is 447 g/mol. The van der Waals surface area contributed by atoms with E-state index in [0.717, 1.165) is 56.3 Å². The lowest BCUT2D eigenvalue weighted by atomic mass is 9.57. The molecule has 1 saturated heterocycles. The van der Waals surface area contributed by atoms with Crippen molar-refractivity contribution in [3.63, 3.8) is 0 Å². The molecule has 31 heavy (non-hydrogen) atoms. The molecule has 171 valence electrons. The lowest BCUT2D eigenvalue weighted by Gasteiger charge is -2.53. The van der Waals surface area contributed by atoms with Crippen molar-refractivity contribution in [2.24, 2.45) is 23.7 Å². The molecule has 2 heterocycles. The van der Waals surface area contributed by atoms with E-state index in [4.69, 9.17) is 4.74 Å². The summed E-state index contributed by atoms with van der Waals surface area (Å²) in [6.07, 6.45) is 7.69. The van der Waals surface area contributed by atoms with Crippen LogP contribution in [-0.2, 0) is 9.53 Å². The summed E-state index contributed by atoms with van der Waals surface area (Å²) >= 11 is 1.71. The van der Waals surface area contributed by atoms with Crippen LogP contribution in [-0.4, -0.2) is 65.4 Å². The number of esters is 1. The lowest BCUT2D eigenvalue weighted by Crippen LogP contribution is -2.57. The zero-order valence-electron chi connectivity index (χ0n) is 19.2.